The van der Waals surface area contributed by atoms with E-state index in [9.17, 15) is 24.0 Å². The highest BCUT2D eigenvalue weighted by atomic mass is 28.4. The second kappa shape index (κ2) is 22.7. The first-order valence-electron chi connectivity index (χ1n) is 26.3. The summed E-state index contributed by atoms with van der Waals surface area (Å²) in [7, 11) is 0.583. The number of rotatable bonds is 15. The highest BCUT2D eigenvalue weighted by Gasteiger charge is 2.47. The van der Waals surface area contributed by atoms with Crippen molar-refractivity contribution in [2.24, 2.45) is 11.3 Å². The number of hydrogen-bond acceptors (Lipinski definition) is 11. The van der Waals surface area contributed by atoms with E-state index in [0.29, 0.717) is 38.2 Å². The molecule has 1 saturated heterocycles. The van der Waals surface area contributed by atoms with Gasteiger partial charge in [-0.3, -0.25) is 43.7 Å². The quantitative estimate of drug-likeness (QED) is 0.0666. The van der Waals surface area contributed by atoms with Crippen LogP contribution in [0.5, 0.6) is 5.75 Å². The standard InChI is InChI=1S/C57H77N7O9Si/c1-14-62-48-18-17-39-28-43(48)44(53(62)45-30-58-22-21-40(45)32-71-13)29-57(10,11)33-72-56(70)46-16-15-23-64(60-46)55(69)47(26-38-24-41(39)27-42(25-38)73-74(35(4)5,36(6)7)37(8)9)59-54(68)52(34(2)3)61(12)51(67)31-63-49(65)19-20-50(63)66/h17-22,24-25,27-28,30,34-37,46-47,52,60H,14-16,23,26,29,31-33H2,1-13H3,(H,59,68)/t46-,47-,52-/m0/s1. The van der Waals surface area contributed by atoms with Crippen molar-refractivity contribution in [3.63, 3.8) is 0 Å². The van der Waals surface area contributed by atoms with Gasteiger partial charge in [0.05, 0.1) is 18.9 Å². The summed E-state index contributed by atoms with van der Waals surface area (Å²) >= 11 is 0. The number of aryl methyl sites for hydroxylation is 1. The number of likely N-dealkylation sites (N-methyl/N-ethyl adjacent to an activating group) is 1. The molecule has 398 valence electrons. The zero-order chi connectivity index (χ0) is 54.0. The van der Waals surface area contributed by atoms with Crippen LogP contribution in [0.25, 0.3) is 33.3 Å². The van der Waals surface area contributed by atoms with Crippen molar-refractivity contribution in [2.45, 2.75) is 150 Å². The number of hydrogen-bond donors (Lipinski definition) is 2. The van der Waals surface area contributed by atoms with Crippen molar-refractivity contribution in [3.8, 4) is 28.1 Å². The third-order valence-electron chi connectivity index (χ3n) is 15.2. The molecule has 16 nitrogen and oxygen atoms in total. The van der Waals surface area contributed by atoms with Gasteiger partial charge in [0, 0.05) is 80.1 Å². The van der Waals surface area contributed by atoms with Crippen LogP contribution in [0.3, 0.4) is 0 Å². The number of hydrazine groups is 1. The van der Waals surface area contributed by atoms with Gasteiger partial charge in [-0.25, -0.2) is 5.43 Å². The zero-order valence-electron chi connectivity index (χ0n) is 45.7. The summed E-state index contributed by atoms with van der Waals surface area (Å²) in [5, 5.41) is 5.49. The summed E-state index contributed by atoms with van der Waals surface area (Å²) in [6.45, 7) is 24.2. The molecule has 7 rings (SSSR count). The number of nitrogens with zero attached hydrogens (tertiary/aromatic N) is 5. The molecule has 0 unspecified atom stereocenters. The molecule has 4 aromatic rings. The number of aromatic nitrogens is 2. The lowest BCUT2D eigenvalue weighted by molar-refractivity contribution is -0.155. The number of carbonyl (C=O) groups is 6. The first-order chi connectivity index (χ1) is 35.0. The molecule has 3 aliphatic heterocycles. The van der Waals surface area contributed by atoms with Gasteiger partial charge in [-0.05, 0) is 107 Å². The van der Waals surface area contributed by atoms with E-state index in [4.69, 9.17) is 13.9 Å². The largest absolute Gasteiger partial charge is 0.543 e. The predicted molar refractivity (Wildman–Crippen MR) is 288 cm³/mol. The maximum atomic E-state index is 15.1. The van der Waals surface area contributed by atoms with Crippen molar-refractivity contribution in [2.75, 3.05) is 33.9 Å². The Hall–Kier alpha value is -6.17. The third kappa shape index (κ3) is 11.4. The Kier molecular flexibility index (Phi) is 17.1. The van der Waals surface area contributed by atoms with Crippen molar-refractivity contribution in [1.82, 2.24) is 35.1 Å². The van der Waals surface area contributed by atoms with Crippen LogP contribution in [0.2, 0.25) is 16.6 Å². The van der Waals surface area contributed by atoms with Gasteiger partial charge in [-0.15, -0.1) is 0 Å². The van der Waals surface area contributed by atoms with Crippen molar-refractivity contribution >= 4 is 54.7 Å². The lowest BCUT2D eigenvalue weighted by Crippen LogP contribution is -2.62. The van der Waals surface area contributed by atoms with Gasteiger partial charge in [0.1, 0.15) is 30.4 Å². The Morgan fingerprint density at radius 3 is 2.27 bits per heavy atom. The minimum absolute atomic E-state index is 0.0217. The normalized spacial score (nSPS) is 18.9. The molecular formula is C57H77N7O9Si. The summed E-state index contributed by atoms with van der Waals surface area (Å²) < 4.78 is 21.7. The number of imide groups is 1. The summed E-state index contributed by atoms with van der Waals surface area (Å²) in [5.74, 6) is -3.19. The van der Waals surface area contributed by atoms with Crippen LogP contribution in [0.1, 0.15) is 106 Å². The molecule has 5 heterocycles. The SMILES string of the molecule is CCn1c(-c2cnccc2COC)c2c3cc(ccc31)-c1cc(cc(O[Si](C(C)C)(C(C)C)C(C)C)c1)C[C@H](NC(=O)[C@H](C(C)C)N(C)C(=O)CN1C(=O)C=CC1=O)C(=O)N1CCC[C@H](N1)C(=O)OCC(C)(C)C2. The summed E-state index contributed by atoms with van der Waals surface area (Å²) in [6.07, 6.45) is 7.38. The number of nitrogens with one attached hydrogen (secondary N) is 2. The first kappa shape index (κ1) is 55.6. The highest BCUT2D eigenvalue weighted by molar-refractivity contribution is 6.78. The molecule has 2 aromatic carbocycles. The van der Waals surface area contributed by atoms with E-state index in [1.807, 2.05) is 18.3 Å². The Morgan fingerprint density at radius 2 is 1.64 bits per heavy atom. The second-order valence-electron chi connectivity index (χ2n) is 22.4. The third-order valence-corrected chi connectivity index (χ3v) is 21.2. The Labute approximate surface area is 437 Å². The van der Waals surface area contributed by atoms with E-state index in [1.165, 1.54) is 17.0 Å². The number of amides is 5. The van der Waals surface area contributed by atoms with Gasteiger partial charge >= 0.3 is 5.97 Å². The monoisotopic (exact) mass is 1030 g/mol. The molecule has 1 fully saturated rings. The van der Waals surface area contributed by atoms with Gasteiger partial charge in [-0.2, -0.15) is 0 Å². The number of cyclic esters (lactones) is 1. The molecule has 2 aromatic heterocycles. The molecule has 0 spiro atoms. The Bertz CT molecular complexity index is 2780. The molecule has 3 atom stereocenters. The van der Waals surface area contributed by atoms with E-state index in [0.717, 1.165) is 67.0 Å². The fourth-order valence-electron chi connectivity index (χ4n) is 11.7. The van der Waals surface area contributed by atoms with Crippen molar-refractivity contribution in [3.05, 3.63) is 83.7 Å². The van der Waals surface area contributed by atoms with Crippen LogP contribution in [0, 0.1) is 11.3 Å². The fraction of sp³-hybridized carbons (Fsp3) is 0.526. The molecule has 2 N–H and O–H groups in total. The Morgan fingerprint density at radius 1 is 0.946 bits per heavy atom. The number of pyridine rings is 1. The molecule has 17 heteroatoms. The summed E-state index contributed by atoms with van der Waals surface area (Å²) in [6, 6.07) is 11.5. The lowest BCUT2D eigenvalue weighted by Gasteiger charge is -2.42. The van der Waals surface area contributed by atoms with E-state index in [1.54, 1.807) is 27.2 Å². The summed E-state index contributed by atoms with van der Waals surface area (Å²) in [4.78, 5) is 89.3. The average Bonchev–Trinajstić information content (AvgIpc) is 3.83. The van der Waals surface area contributed by atoms with E-state index in [-0.39, 0.29) is 36.2 Å². The molecule has 0 aliphatic carbocycles. The minimum Gasteiger partial charge on any atom is -0.543 e. The first-order valence-corrected chi connectivity index (χ1v) is 28.4. The van der Waals surface area contributed by atoms with Gasteiger partial charge in [-0.1, -0.05) is 81.4 Å². The lowest BCUT2D eigenvalue weighted by atomic mass is 9.84. The van der Waals surface area contributed by atoms with Crippen LogP contribution >= 0.6 is 0 Å². The second-order valence-corrected chi connectivity index (χ2v) is 27.7. The number of esters is 1. The predicted octanol–water partition coefficient (Wildman–Crippen LogP) is 8.15. The van der Waals surface area contributed by atoms with Crippen LogP contribution < -0.4 is 15.2 Å². The molecular weight excluding hydrogens is 955 g/mol. The molecule has 74 heavy (non-hydrogen) atoms. The number of fused-ring (bicyclic) bond motifs is 6. The van der Waals surface area contributed by atoms with E-state index in [2.05, 4.69) is 113 Å². The summed E-state index contributed by atoms with van der Waals surface area (Å²) in [5.41, 5.74) is 11.0. The van der Waals surface area contributed by atoms with Gasteiger partial charge in [0.2, 0.25) is 11.8 Å². The smallest absolute Gasteiger partial charge is 0.324 e. The van der Waals surface area contributed by atoms with Crippen LogP contribution in [-0.2, 0) is 64.2 Å². The molecule has 0 radical (unpaired) electrons. The minimum atomic E-state index is -2.56. The zero-order valence-corrected chi connectivity index (χ0v) is 46.7. The van der Waals surface area contributed by atoms with Gasteiger partial charge in [0.25, 0.3) is 26.0 Å². The van der Waals surface area contributed by atoms with Crippen LogP contribution in [-0.4, -0.2) is 120 Å². The number of ether oxygens (including phenoxy) is 2. The maximum absolute atomic E-state index is 15.1. The van der Waals surface area contributed by atoms with Gasteiger partial charge < -0.3 is 28.7 Å². The van der Waals surface area contributed by atoms with E-state index >= 15 is 4.79 Å². The fourth-order valence-corrected chi connectivity index (χ4v) is 16.9. The molecule has 6 bridgehead atoms. The Balaban J connectivity index is 1.42. The number of benzene rings is 2. The van der Waals surface area contributed by atoms with E-state index < -0.39 is 79.8 Å². The highest BCUT2D eigenvalue weighted by Crippen LogP contribution is 2.45. The maximum Gasteiger partial charge on any atom is 0.324 e. The molecule has 3 aliphatic rings. The van der Waals surface area contributed by atoms with Crippen molar-refractivity contribution in [1.29, 1.82) is 0 Å². The molecule has 5 amide bonds. The van der Waals surface area contributed by atoms with Crippen LogP contribution in [0.15, 0.2) is 67.0 Å². The average molecular weight is 1030 g/mol. The topological polar surface area (TPSA) is 182 Å². The van der Waals surface area contributed by atoms with Crippen LogP contribution in [0.4, 0.5) is 0 Å². The van der Waals surface area contributed by atoms with Crippen molar-refractivity contribution < 1.29 is 42.7 Å². The number of methoxy groups -OCH3 is 1. The molecule has 0 saturated carbocycles. The van der Waals surface area contributed by atoms with Gasteiger partial charge in [0.15, 0.2) is 0 Å². The number of carbonyl (C=O) groups excluding carboxylic acids is 6.